The average molecular weight is 264 g/mol. The Balaban J connectivity index is 2.70. The van der Waals surface area contributed by atoms with Crippen LogP contribution in [0.4, 0.5) is 4.39 Å². The Morgan fingerprint density at radius 2 is 2.19 bits per heavy atom. The molecular formula is C10H8Cl2FNO2. The molecule has 1 rings (SSSR count). The van der Waals surface area contributed by atoms with Crippen molar-refractivity contribution in [3.05, 3.63) is 35.9 Å². The SMILES string of the molecule is CC1=CC(=NOC=CC(Cl)Cl)C(F)=CC1=O. The molecule has 0 amide bonds. The number of rotatable bonds is 3. The summed E-state index contributed by atoms with van der Waals surface area (Å²) in [7, 11) is 0. The summed E-state index contributed by atoms with van der Waals surface area (Å²) in [6.07, 6.45) is 4.60. The minimum absolute atomic E-state index is 0.0533. The van der Waals surface area contributed by atoms with E-state index in [9.17, 15) is 9.18 Å². The molecule has 0 heterocycles. The second-order valence-electron chi connectivity index (χ2n) is 2.93. The molecule has 3 nitrogen and oxygen atoms in total. The van der Waals surface area contributed by atoms with Gasteiger partial charge in [0.15, 0.2) is 11.6 Å². The summed E-state index contributed by atoms with van der Waals surface area (Å²) in [5, 5.41) is 3.46. The molecule has 0 aromatic rings. The Kier molecular flexibility index (Phi) is 4.71. The summed E-state index contributed by atoms with van der Waals surface area (Å²) in [6, 6.07) is 0. The van der Waals surface area contributed by atoms with Gasteiger partial charge in [0, 0.05) is 6.08 Å². The predicted molar refractivity (Wildman–Crippen MR) is 61.1 cm³/mol. The fourth-order valence-corrected chi connectivity index (χ4v) is 1.02. The highest BCUT2D eigenvalue weighted by molar-refractivity contribution is 6.45. The van der Waals surface area contributed by atoms with Crippen LogP contribution in [0.3, 0.4) is 0 Å². The van der Waals surface area contributed by atoms with Gasteiger partial charge in [-0.05, 0) is 24.6 Å². The molecule has 0 aromatic carbocycles. The fraction of sp³-hybridized carbons (Fsp3) is 0.200. The van der Waals surface area contributed by atoms with E-state index in [2.05, 4.69) is 9.99 Å². The van der Waals surface area contributed by atoms with Crippen LogP contribution in [0.2, 0.25) is 0 Å². The maximum Gasteiger partial charge on any atom is 0.184 e. The highest BCUT2D eigenvalue weighted by atomic mass is 35.5. The number of ketones is 1. The van der Waals surface area contributed by atoms with Gasteiger partial charge in [-0.25, -0.2) is 4.39 Å². The van der Waals surface area contributed by atoms with E-state index in [1.165, 1.54) is 12.2 Å². The molecule has 0 spiro atoms. The molecule has 1 aliphatic carbocycles. The van der Waals surface area contributed by atoms with Gasteiger partial charge in [0.1, 0.15) is 16.8 Å². The van der Waals surface area contributed by atoms with Crippen molar-refractivity contribution in [2.45, 2.75) is 11.8 Å². The molecule has 0 saturated heterocycles. The third kappa shape index (κ3) is 3.79. The van der Waals surface area contributed by atoms with Crippen molar-refractivity contribution in [1.29, 1.82) is 0 Å². The lowest BCUT2D eigenvalue weighted by atomic mass is 10.0. The molecule has 0 saturated carbocycles. The van der Waals surface area contributed by atoms with Crippen LogP contribution in [0, 0.1) is 0 Å². The Bertz CT molecular complexity index is 411. The molecule has 0 bridgehead atoms. The van der Waals surface area contributed by atoms with Crippen LogP contribution < -0.4 is 0 Å². The van der Waals surface area contributed by atoms with Crippen LogP contribution in [0.25, 0.3) is 0 Å². The first-order chi connectivity index (χ1) is 7.50. The number of halogens is 3. The van der Waals surface area contributed by atoms with E-state index in [0.29, 0.717) is 5.57 Å². The molecule has 0 aromatic heterocycles. The zero-order chi connectivity index (χ0) is 12.1. The lowest BCUT2D eigenvalue weighted by Crippen LogP contribution is -2.09. The molecule has 0 fully saturated rings. The fourth-order valence-electron chi connectivity index (χ4n) is 0.900. The van der Waals surface area contributed by atoms with Crippen LogP contribution in [-0.4, -0.2) is 16.3 Å². The van der Waals surface area contributed by atoms with Crippen molar-refractivity contribution in [3.8, 4) is 0 Å². The number of allylic oxidation sites excluding steroid dienone is 5. The molecule has 1 aliphatic rings. The van der Waals surface area contributed by atoms with Gasteiger partial charge in [0.25, 0.3) is 0 Å². The summed E-state index contributed by atoms with van der Waals surface area (Å²) in [6.45, 7) is 1.56. The largest absolute Gasteiger partial charge is 0.364 e. The van der Waals surface area contributed by atoms with E-state index in [1.807, 2.05) is 0 Å². The first kappa shape index (κ1) is 12.9. The number of oxime groups is 1. The molecule has 16 heavy (non-hydrogen) atoms. The van der Waals surface area contributed by atoms with Gasteiger partial charge in [0.2, 0.25) is 0 Å². The lowest BCUT2D eigenvalue weighted by Gasteiger charge is -2.05. The molecule has 0 radical (unpaired) electrons. The van der Waals surface area contributed by atoms with Crippen molar-refractivity contribution >= 4 is 34.7 Å². The van der Waals surface area contributed by atoms with Gasteiger partial charge in [-0.2, -0.15) is 0 Å². The maximum atomic E-state index is 13.2. The van der Waals surface area contributed by atoms with E-state index < -0.39 is 10.7 Å². The number of nitrogens with zero attached hydrogens (tertiary/aromatic N) is 1. The summed E-state index contributed by atoms with van der Waals surface area (Å²) < 4.78 is 13.2. The molecule has 6 heteroatoms. The Morgan fingerprint density at radius 3 is 2.81 bits per heavy atom. The molecule has 0 aliphatic heterocycles. The molecule has 86 valence electrons. The second kappa shape index (κ2) is 5.82. The van der Waals surface area contributed by atoms with E-state index in [-0.39, 0.29) is 11.5 Å². The number of carbonyl (C=O) groups excluding carboxylic acids is 1. The van der Waals surface area contributed by atoms with Crippen molar-refractivity contribution in [1.82, 2.24) is 0 Å². The summed E-state index contributed by atoms with van der Waals surface area (Å²) >= 11 is 10.8. The maximum absolute atomic E-state index is 13.2. The summed E-state index contributed by atoms with van der Waals surface area (Å²) in [5.74, 6) is -1.12. The van der Waals surface area contributed by atoms with E-state index in [0.717, 1.165) is 12.3 Å². The number of carbonyl (C=O) groups is 1. The first-order valence-electron chi connectivity index (χ1n) is 4.29. The highest BCUT2D eigenvalue weighted by Crippen LogP contribution is 2.13. The smallest absolute Gasteiger partial charge is 0.184 e. The van der Waals surface area contributed by atoms with Crippen molar-refractivity contribution < 1.29 is 14.0 Å². The lowest BCUT2D eigenvalue weighted by molar-refractivity contribution is -0.111. The van der Waals surface area contributed by atoms with Crippen LogP contribution in [0.1, 0.15) is 6.92 Å². The van der Waals surface area contributed by atoms with Crippen LogP contribution >= 0.6 is 23.2 Å². The van der Waals surface area contributed by atoms with Crippen molar-refractivity contribution in [2.75, 3.05) is 0 Å². The quantitative estimate of drug-likeness (QED) is 0.340. The second-order valence-corrected chi connectivity index (χ2v) is 4.09. The van der Waals surface area contributed by atoms with E-state index in [1.54, 1.807) is 6.92 Å². The molecule has 0 N–H and O–H groups in total. The minimum Gasteiger partial charge on any atom is -0.364 e. The van der Waals surface area contributed by atoms with Crippen molar-refractivity contribution in [3.63, 3.8) is 0 Å². The van der Waals surface area contributed by atoms with E-state index in [4.69, 9.17) is 23.2 Å². The van der Waals surface area contributed by atoms with Gasteiger partial charge < -0.3 is 4.84 Å². The van der Waals surface area contributed by atoms with E-state index >= 15 is 0 Å². The van der Waals surface area contributed by atoms with Gasteiger partial charge in [-0.15, -0.1) is 23.2 Å². The zero-order valence-electron chi connectivity index (χ0n) is 8.28. The average Bonchev–Trinajstić information content (AvgIpc) is 2.19. The number of hydrogen-bond acceptors (Lipinski definition) is 3. The van der Waals surface area contributed by atoms with Crippen LogP contribution in [0.15, 0.2) is 41.0 Å². The Morgan fingerprint density at radius 1 is 1.50 bits per heavy atom. The topological polar surface area (TPSA) is 38.7 Å². The van der Waals surface area contributed by atoms with Crippen LogP contribution in [0.5, 0.6) is 0 Å². The highest BCUT2D eigenvalue weighted by Gasteiger charge is 2.15. The van der Waals surface area contributed by atoms with Gasteiger partial charge >= 0.3 is 0 Å². The minimum atomic E-state index is -0.739. The summed E-state index contributed by atoms with van der Waals surface area (Å²) in [5.41, 5.74) is 0.336. The molecule has 0 atom stereocenters. The van der Waals surface area contributed by atoms with Gasteiger partial charge in [0.05, 0.1) is 0 Å². The normalized spacial score (nSPS) is 19.3. The zero-order valence-corrected chi connectivity index (χ0v) is 9.80. The monoisotopic (exact) mass is 263 g/mol. The van der Waals surface area contributed by atoms with Gasteiger partial charge in [-0.1, -0.05) is 5.16 Å². The molecular weight excluding hydrogens is 256 g/mol. The predicted octanol–water partition coefficient (Wildman–Crippen LogP) is 3.06. The Hall–Kier alpha value is -1.13. The van der Waals surface area contributed by atoms with Crippen molar-refractivity contribution in [2.24, 2.45) is 5.16 Å². The number of hydrogen-bond donors (Lipinski definition) is 0. The number of alkyl halides is 2. The van der Waals surface area contributed by atoms with Crippen LogP contribution in [-0.2, 0) is 9.63 Å². The van der Waals surface area contributed by atoms with Gasteiger partial charge in [-0.3, -0.25) is 4.79 Å². The first-order valence-corrected chi connectivity index (χ1v) is 5.17. The third-order valence-corrected chi connectivity index (χ3v) is 1.97. The molecule has 0 unspecified atom stereocenters. The Labute approximate surface area is 102 Å². The third-order valence-electron chi connectivity index (χ3n) is 1.68. The standard InChI is InChI=1S/C10H8Cl2FNO2/c1-6-4-8(7(13)5-9(6)15)14-16-3-2-10(11)12/h2-5,10H,1H3. The summed E-state index contributed by atoms with van der Waals surface area (Å²) in [4.78, 5) is 15.0.